The van der Waals surface area contributed by atoms with E-state index in [4.69, 9.17) is 4.74 Å². The number of carbonyl (C=O) groups excluding carboxylic acids is 2. The highest BCUT2D eigenvalue weighted by atomic mass is 16.5. The summed E-state index contributed by atoms with van der Waals surface area (Å²) in [4.78, 5) is 22.8. The van der Waals surface area contributed by atoms with Gasteiger partial charge in [-0.1, -0.05) is 0 Å². The average molecular weight is 208 g/mol. The van der Waals surface area contributed by atoms with E-state index in [2.05, 4.69) is 0 Å². The second-order valence-corrected chi connectivity index (χ2v) is 5.43. The molecule has 82 valence electrons. The highest BCUT2D eigenvalue weighted by molar-refractivity contribution is 5.90. The molecule has 0 heterocycles. The SMILES string of the molecule is CC(=O)OC1CC23CCC(=O)C2(CC3)C1. The first-order chi connectivity index (χ1) is 7.08. The second kappa shape index (κ2) is 2.63. The fraction of sp³-hybridized carbons (Fsp3) is 0.833. The molecule has 3 rings (SSSR count). The van der Waals surface area contributed by atoms with E-state index >= 15 is 0 Å². The predicted molar refractivity (Wildman–Crippen MR) is 53.1 cm³/mol. The molecule has 3 saturated carbocycles. The van der Waals surface area contributed by atoms with Crippen LogP contribution in [0.1, 0.15) is 45.4 Å². The summed E-state index contributed by atoms with van der Waals surface area (Å²) in [6.45, 7) is 1.45. The third-order valence-electron chi connectivity index (χ3n) is 4.94. The fourth-order valence-electron chi connectivity index (χ4n) is 4.22. The topological polar surface area (TPSA) is 43.4 Å². The number of esters is 1. The molecule has 3 aliphatic rings. The molecule has 0 aliphatic heterocycles. The maximum Gasteiger partial charge on any atom is 0.302 e. The fourth-order valence-corrected chi connectivity index (χ4v) is 4.22. The number of hydrogen-bond acceptors (Lipinski definition) is 3. The number of ether oxygens (including phenoxy) is 1. The zero-order valence-corrected chi connectivity index (χ0v) is 9.04. The van der Waals surface area contributed by atoms with E-state index in [9.17, 15) is 9.59 Å². The van der Waals surface area contributed by atoms with Crippen LogP contribution < -0.4 is 0 Å². The van der Waals surface area contributed by atoms with Gasteiger partial charge in [-0.2, -0.15) is 0 Å². The van der Waals surface area contributed by atoms with Crippen molar-refractivity contribution in [3.63, 3.8) is 0 Å². The Balaban J connectivity index is 1.84. The molecule has 0 amide bonds. The summed E-state index contributed by atoms with van der Waals surface area (Å²) >= 11 is 0. The van der Waals surface area contributed by atoms with Gasteiger partial charge >= 0.3 is 5.97 Å². The van der Waals surface area contributed by atoms with Crippen molar-refractivity contribution in [1.29, 1.82) is 0 Å². The quantitative estimate of drug-likeness (QED) is 0.617. The molecule has 0 spiro atoms. The van der Waals surface area contributed by atoms with Crippen molar-refractivity contribution in [1.82, 2.24) is 0 Å². The third-order valence-corrected chi connectivity index (χ3v) is 4.94. The first kappa shape index (κ1) is 9.37. The minimum Gasteiger partial charge on any atom is -0.463 e. The summed E-state index contributed by atoms with van der Waals surface area (Å²) in [5.41, 5.74) is 0.150. The van der Waals surface area contributed by atoms with Gasteiger partial charge in [0.05, 0.1) is 0 Å². The highest BCUT2D eigenvalue weighted by Gasteiger charge is 2.70. The zero-order chi connectivity index (χ0) is 10.7. The Kier molecular flexibility index (Phi) is 1.64. The molecule has 3 heteroatoms. The summed E-state index contributed by atoms with van der Waals surface area (Å²) in [7, 11) is 0. The summed E-state index contributed by atoms with van der Waals surface area (Å²) in [6, 6.07) is 0. The van der Waals surface area contributed by atoms with Crippen LogP contribution in [-0.4, -0.2) is 17.9 Å². The van der Waals surface area contributed by atoms with Crippen molar-refractivity contribution in [2.45, 2.75) is 51.6 Å². The summed E-state index contributed by atoms with van der Waals surface area (Å²) in [6.07, 6.45) is 5.72. The van der Waals surface area contributed by atoms with Crippen LogP contribution in [0.4, 0.5) is 0 Å². The standard InChI is InChI=1S/C12H16O3/c1-8(13)15-9-6-11-3-2-10(14)12(11,7-9)5-4-11/h9H,2-7H2,1H3. The van der Waals surface area contributed by atoms with Crippen LogP contribution in [0.15, 0.2) is 0 Å². The van der Waals surface area contributed by atoms with Crippen LogP contribution in [0, 0.1) is 10.8 Å². The molecule has 0 radical (unpaired) electrons. The van der Waals surface area contributed by atoms with Crippen LogP contribution in [0.3, 0.4) is 0 Å². The molecule has 3 fully saturated rings. The Bertz CT molecular complexity index is 349. The lowest BCUT2D eigenvalue weighted by molar-refractivity contribution is -0.147. The summed E-state index contributed by atoms with van der Waals surface area (Å²) in [5, 5.41) is 0. The third kappa shape index (κ3) is 0.963. The van der Waals surface area contributed by atoms with Crippen LogP contribution >= 0.6 is 0 Å². The van der Waals surface area contributed by atoms with Crippen LogP contribution in [0.25, 0.3) is 0 Å². The van der Waals surface area contributed by atoms with Crippen molar-refractivity contribution in [3.05, 3.63) is 0 Å². The molecule has 15 heavy (non-hydrogen) atoms. The minimum absolute atomic E-state index is 0.00856. The normalized spacial score (nSPS) is 47.0. The van der Waals surface area contributed by atoms with E-state index in [-0.39, 0.29) is 22.9 Å². The molecule has 0 bridgehead atoms. The van der Waals surface area contributed by atoms with Crippen molar-refractivity contribution in [3.8, 4) is 0 Å². The Labute approximate surface area is 89.2 Å². The van der Waals surface area contributed by atoms with Gasteiger partial charge in [-0.3, -0.25) is 9.59 Å². The van der Waals surface area contributed by atoms with Gasteiger partial charge in [0.2, 0.25) is 0 Å². The first-order valence-electron chi connectivity index (χ1n) is 5.79. The van der Waals surface area contributed by atoms with E-state index in [0.717, 1.165) is 38.5 Å². The molecular formula is C12H16O3. The average Bonchev–Trinajstić information content (AvgIpc) is 2.41. The molecule has 3 atom stereocenters. The lowest BCUT2D eigenvalue weighted by Crippen LogP contribution is -2.46. The number of carbonyl (C=O) groups is 2. The van der Waals surface area contributed by atoms with E-state index in [0.29, 0.717) is 5.78 Å². The van der Waals surface area contributed by atoms with Crippen LogP contribution in [-0.2, 0) is 14.3 Å². The van der Waals surface area contributed by atoms with Crippen molar-refractivity contribution >= 4 is 11.8 Å². The monoisotopic (exact) mass is 208 g/mol. The molecule has 3 aliphatic carbocycles. The van der Waals surface area contributed by atoms with Crippen LogP contribution in [0.5, 0.6) is 0 Å². The Hall–Kier alpha value is -0.860. The minimum atomic E-state index is -0.209. The molecule has 0 aromatic carbocycles. The molecule has 0 saturated heterocycles. The van der Waals surface area contributed by atoms with Gasteiger partial charge in [-0.05, 0) is 37.5 Å². The largest absolute Gasteiger partial charge is 0.463 e. The maximum absolute atomic E-state index is 11.9. The summed E-state index contributed by atoms with van der Waals surface area (Å²) in [5.74, 6) is 0.225. The van der Waals surface area contributed by atoms with Crippen molar-refractivity contribution in [2.75, 3.05) is 0 Å². The Morgan fingerprint density at radius 2 is 2.13 bits per heavy atom. The molecular weight excluding hydrogens is 192 g/mol. The van der Waals surface area contributed by atoms with E-state index in [1.54, 1.807) is 0 Å². The lowest BCUT2D eigenvalue weighted by atomic mass is 9.53. The van der Waals surface area contributed by atoms with Gasteiger partial charge < -0.3 is 4.74 Å². The van der Waals surface area contributed by atoms with E-state index < -0.39 is 0 Å². The van der Waals surface area contributed by atoms with Gasteiger partial charge in [-0.15, -0.1) is 0 Å². The van der Waals surface area contributed by atoms with Gasteiger partial charge in [-0.25, -0.2) is 0 Å². The maximum atomic E-state index is 11.9. The smallest absolute Gasteiger partial charge is 0.302 e. The predicted octanol–water partition coefficient (Wildman–Crippen LogP) is 1.84. The van der Waals surface area contributed by atoms with Gasteiger partial charge in [0, 0.05) is 18.8 Å². The summed E-state index contributed by atoms with van der Waals surface area (Å²) < 4.78 is 5.28. The van der Waals surface area contributed by atoms with Gasteiger partial charge in [0.15, 0.2) is 0 Å². The molecule has 0 aromatic rings. The number of hydrogen-bond donors (Lipinski definition) is 0. The number of ketones is 1. The van der Waals surface area contributed by atoms with Gasteiger partial charge in [0.1, 0.15) is 11.9 Å². The highest BCUT2D eigenvalue weighted by Crippen LogP contribution is 2.73. The Morgan fingerprint density at radius 1 is 1.33 bits per heavy atom. The van der Waals surface area contributed by atoms with E-state index in [1.165, 1.54) is 6.92 Å². The molecule has 0 N–H and O–H groups in total. The number of rotatable bonds is 1. The Morgan fingerprint density at radius 3 is 2.67 bits per heavy atom. The van der Waals surface area contributed by atoms with Crippen LogP contribution in [0.2, 0.25) is 0 Å². The zero-order valence-electron chi connectivity index (χ0n) is 9.04. The molecule has 0 aromatic heterocycles. The van der Waals surface area contributed by atoms with Gasteiger partial charge in [0.25, 0.3) is 0 Å². The first-order valence-corrected chi connectivity index (χ1v) is 5.79. The molecule has 3 unspecified atom stereocenters. The van der Waals surface area contributed by atoms with Crippen molar-refractivity contribution in [2.24, 2.45) is 10.8 Å². The lowest BCUT2D eigenvalue weighted by Gasteiger charge is -2.49. The number of Topliss-reactive ketones (excluding diaryl/α,β-unsaturated/α-hetero) is 1. The van der Waals surface area contributed by atoms with Crippen molar-refractivity contribution < 1.29 is 14.3 Å². The molecule has 3 nitrogen and oxygen atoms in total. The van der Waals surface area contributed by atoms with E-state index in [1.807, 2.05) is 0 Å². The second-order valence-electron chi connectivity index (χ2n) is 5.43.